The summed E-state index contributed by atoms with van der Waals surface area (Å²) in [5, 5.41) is 0.989. The minimum absolute atomic E-state index is 0.275. The molecule has 0 bridgehead atoms. The highest BCUT2D eigenvalue weighted by molar-refractivity contribution is 5.99. The van der Waals surface area contributed by atoms with E-state index in [0.717, 1.165) is 28.6 Å². The number of H-pyrrole nitrogens is 1. The molecular weight excluding hydrogens is 250 g/mol. The van der Waals surface area contributed by atoms with Crippen molar-refractivity contribution in [2.24, 2.45) is 5.73 Å². The lowest BCUT2D eigenvalue weighted by Gasteiger charge is -2.07. The van der Waals surface area contributed by atoms with Crippen LogP contribution in [0.4, 0.5) is 0 Å². The second-order valence-corrected chi connectivity index (χ2v) is 4.71. The molecule has 1 aromatic carbocycles. The van der Waals surface area contributed by atoms with Gasteiger partial charge in [-0.2, -0.15) is 0 Å². The van der Waals surface area contributed by atoms with Gasteiger partial charge in [-0.15, -0.1) is 0 Å². The zero-order valence-corrected chi connectivity index (χ0v) is 11.2. The van der Waals surface area contributed by atoms with Crippen LogP contribution in [0, 0.1) is 0 Å². The highest BCUT2D eigenvalue weighted by atomic mass is 16.1. The van der Waals surface area contributed by atoms with Gasteiger partial charge in [0.2, 0.25) is 0 Å². The predicted molar refractivity (Wildman–Crippen MR) is 79.4 cm³/mol. The van der Waals surface area contributed by atoms with E-state index >= 15 is 0 Å². The van der Waals surface area contributed by atoms with Crippen LogP contribution in [0.15, 0.2) is 42.6 Å². The molecule has 0 aliphatic rings. The topological polar surface area (TPSA) is 71.8 Å². The van der Waals surface area contributed by atoms with Crippen LogP contribution in [0.2, 0.25) is 0 Å². The Bertz CT molecular complexity index is 789. The fourth-order valence-corrected chi connectivity index (χ4v) is 2.34. The normalized spacial score (nSPS) is 10.8. The lowest BCUT2D eigenvalue weighted by atomic mass is 10.0. The summed E-state index contributed by atoms with van der Waals surface area (Å²) in [6.45, 7) is 2.11. The van der Waals surface area contributed by atoms with Crippen molar-refractivity contribution in [2.75, 3.05) is 0 Å². The zero-order chi connectivity index (χ0) is 14.1. The van der Waals surface area contributed by atoms with Crippen molar-refractivity contribution in [3.63, 3.8) is 0 Å². The molecule has 4 heteroatoms. The number of hydrogen-bond acceptors (Lipinski definition) is 2. The third-order valence-electron chi connectivity index (χ3n) is 3.41. The van der Waals surface area contributed by atoms with Gasteiger partial charge in [-0.25, -0.2) is 4.98 Å². The molecule has 3 N–H and O–H groups in total. The molecule has 0 aliphatic carbocycles. The summed E-state index contributed by atoms with van der Waals surface area (Å²) < 4.78 is 0. The highest BCUT2D eigenvalue weighted by Crippen LogP contribution is 2.27. The van der Waals surface area contributed by atoms with E-state index in [1.807, 2.05) is 24.4 Å². The van der Waals surface area contributed by atoms with E-state index in [2.05, 4.69) is 29.0 Å². The molecule has 2 heterocycles. The van der Waals surface area contributed by atoms with Crippen LogP contribution in [0.1, 0.15) is 23.0 Å². The SMILES string of the molecule is CCc1cccc(-c2nc(C(N)=O)cc3[nH]ccc23)c1. The number of nitrogens with two attached hydrogens (primary N) is 1. The van der Waals surface area contributed by atoms with E-state index in [1.54, 1.807) is 6.07 Å². The maximum atomic E-state index is 11.4. The first kappa shape index (κ1) is 12.4. The quantitative estimate of drug-likeness (QED) is 0.764. The number of carbonyl (C=O) groups is 1. The van der Waals surface area contributed by atoms with Gasteiger partial charge in [0.25, 0.3) is 5.91 Å². The lowest BCUT2D eigenvalue weighted by molar-refractivity contribution is 0.0996. The number of nitrogens with zero attached hydrogens (tertiary/aromatic N) is 1. The van der Waals surface area contributed by atoms with Gasteiger partial charge in [0.05, 0.1) is 5.69 Å². The summed E-state index contributed by atoms with van der Waals surface area (Å²) in [6.07, 6.45) is 2.80. The number of primary amides is 1. The maximum Gasteiger partial charge on any atom is 0.267 e. The number of aromatic amines is 1. The molecule has 1 amide bonds. The molecule has 0 fully saturated rings. The van der Waals surface area contributed by atoms with Crippen molar-refractivity contribution < 1.29 is 4.79 Å². The Morgan fingerprint density at radius 1 is 1.30 bits per heavy atom. The molecule has 0 radical (unpaired) electrons. The van der Waals surface area contributed by atoms with E-state index < -0.39 is 5.91 Å². The first-order valence-electron chi connectivity index (χ1n) is 6.56. The summed E-state index contributed by atoms with van der Waals surface area (Å²) in [4.78, 5) is 18.9. The van der Waals surface area contributed by atoms with E-state index in [1.165, 1.54) is 5.56 Å². The second kappa shape index (κ2) is 4.81. The average molecular weight is 265 g/mol. The van der Waals surface area contributed by atoms with Crippen LogP contribution in [0.3, 0.4) is 0 Å². The summed E-state index contributed by atoms with van der Waals surface area (Å²) in [5.74, 6) is -0.519. The third kappa shape index (κ3) is 2.05. The number of aromatic nitrogens is 2. The van der Waals surface area contributed by atoms with Gasteiger partial charge in [-0.3, -0.25) is 4.79 Å². The number of carbonyl (C=O) groups excluding carboxylic acids is 1. The Kier molecular flexibility index (Phi) is 2.99. The number of hydrogen-bond donors (Lipinski definition) is 2. The first-order valence-corrected chi connectivity index (χ1v) is 6.56. The lowest BCUT2D eigenvalue weighted by Crippen LogP contribution is -2.13. The third-order valence-corrected chi connectivity index (χ3v) is 3.41. The molecule has 0 spiro atoms. The van der Waals surface area contributed by atoms with Crippen molar-refractivity contribution >= 4 is 16.8 Å². The molecular formula is C16H15N3O. The van der Waals surface area contributed by atoms with Crippen LogP contribution < -0.4 is 5.73 Å². The Morgan fingerprint density at radius 3 is 2.90 bits per heavy atom. The van der Waals surface area contributed by atoms with E-state index in [9.17, 15) is 4.79 Å². The molecule has 3 rings (SSSR count). The molecule has 4 nitrogen and oxygen atoms in total. The highest BCUT2D eigenvalue weighted by Gasteiger charge is 2.12. The predicted octanol–water partition coefficient (Wildman–Crippen LogP) is 2.89. The van der Waals surface area contributed by atoms with Crippen molar-refractivity contribution in [1.82, 2.24) is 9.97 Å². The maximum absolute atomic E-state index is 11.4. The Hall–Kier alpha value is -2.62. The standard InChI is InChI=1S/C16H15N3O/c1-2-10-4-3-5-11(8-10)15-12-6-7-18-13(12)9-14(19-15)16(17)20/h3-9,18H,2H2,1H3,(H2,17,20). The molecule has 0 saturated carbocycles. The number of benzene rings is 1. The van der Waals surface area contributed by atoms with Crippen LogP contribution in [-0.4, -0.2) is 15.9 Å². The fourth-order valence-electron chi connectivity index (χ4n) is 2.34. The van der Waals surface area contributed by atoms with Crippen LogP contribution in [0.5, 0.6) is 0 Å². The number of fused-ring (bicyclic) bond motifs is 1. The molecule has 0 aliphatic heterocycles. The van der Waals surface area contributed by atoms with Crippen LogP contribution in [-0.2, 0) is 6.42 Å². The van der Waals surface area contributed by atoms with Gasteiger partial charge < -0.3 is 10.7 Å². The molecule has 3 aromatic rings. The molecule has 2 aromatic heterocycles. The molecule has 0 unspecified atom stereocenters. The average Bonchev–Trinajstić information content (AvgIpc) is 2.94. The number of amides is 1. The molecule has 100 valence electrons. The van der Waals surface area contributed by atoms with E-state index in [0.29, 0.717) is 0 Å². The minimum Gasteiger partial charge on any atom is -0.364 e. The van der Waals surface area contributed by atoms with Crippen molar-refractivity contribution in [2.45, 2.75) is 13.3 Å². The molecule has 20 heavy (non-hydrogen) atoms. The van der Waals surface area contributed by atoms with Gasteiger partial charge in [0.1, 0.15) is 5.69 Å². The second-order valence-electron chi connectivity index (χ2n) is 4.71. The van der Waals surface area contributed by atoms with E-state index in [4.69, 9.17) is 5.73 Å². The van der Waals surface area contributed by atoms with Gasteiger partial charge >= 0.3 is 0 Å². The molecule has 0 saturated heterocycles. The summed E-state index contributed by atoms with van der Waals surface area (Å²) in [7, 11) is 0. The number of pyridine rings is 1. The number of nitrogens with one attached hydrogen (secondary N) is 1. The summed E-state index contributed by atoms with van der Waals surface area (Å²) >= 11 is 0. The summed E-state index contributed by atoms with van der Waals surface area (Å²) in [5.41, 5.74) is 9.52. The van der Waals surface area contributed by atoms with Crippen molar-refractivity contribution in [1.29, 1.82) is 0 Å². The van der Waals surface area contributed by atoms with Crippen molar-refractivity contribution in [3.8, 4) is 11.3 Å². The Morgan fingerprint density at radius 2 is 2.15 bits per heavy atom. The Balaban J connectivity index is 2.27. The number of aryl methyl sites for hydroxylation is 1. The molecule has 0 atom stereocenters. The summed E-state index contributed by atoms with van der Waals surface area (Å²) in [6, 6.07) is 11.8. The minimum atomic E-state index is -0.519. The monoisotopic (exact) mass is 265 g/mol. The zero-order valence-electron chi connectivity index (χ0n) is 11.2. The van der Waals surface area contributed by atoms with Gasteiger partial charge in [0.15, 0.2) is 0 Å². The Labute approximate surface area is 116 Å². The largest absolute Gasteiger partial charge is 0.364 e. The van der Waals surface area contributed by atoms with Crippen LogP contribution >= 0.6 is 0 Å². The first-order chi connectivity index (χ1) is 9.69. The van der Waals surface area contributed by atoms with Gasteiger partial charge in [-0.05, 0) is 30.2 Å². The fraction of sp³-hybridized carbons (Fsp3) is 0.125. The van der Waals surface area contributed by atoms with Crippen molar-refractivity contribution in [3.05, 3.63) is 53.9 Å². The van der Waals surface area contributed by atoms with E-state index in [-0.39, 0.29) is 5.69 Å². The smallest absolute Gasteiger partial charge is 0.267 e. The van der Waals surface area contributed by atoms with Gasteiger partial charge in [-0.1, -0.05) is 25.1 Å². The van der Waals surface area contributed by atoms with Gasteiger partial charge in [0, 0.05) is 22.7 Å². The number of rotatable bonds is 3. The van der Waals surface area contributed by atoms with Crippen LogP contribution in [0.25, 0.3) is 22.2 Å².